The summed E-state index contributed by atoms with van der Waals surface area (Å²) in [4.78, 5) is 16.7. The quantitative estimate of drug-likeness (QED) is 0.921. The van der Waals surface area contributed by atoms with Crippen LogP contribution < -0.4 is 5.32 Å². The molecule has 1 atom stereocenters. The molecule has 0 bridgehead atoms. The Morgan fingerprint density at radius 2 is 2.00 bits per heavy atom. The lowest BCUT2D eigenvalue weighted by Gasteiger charge is -2.24. The number of aryl methyl sites for hydroxylation is 4. The highest BCUT2D eigenvalue weighted by atomic mass is 16.1. The van der Waals surface area contributed by atoms with Crippen LogP contribution in [0.4, 0.5) is 5.69 Å². The van der Waals surface area contributed by atoms with Crippen LogP contribution in [0.3, 0.4) is 0 Å². The average molecular weight is 283 g/mol. The minimum absolute atomic E-state index is 0.0364. The van der Waals surface area contributed by atoms with E-state index in [0.29, 0.717) is 0 Å². The second kappa shape index (κ2) is 5.35. The molecule has 1 aliphatic rings. The maximum atomic E-state index is 12.5. The zero-order chi connectivity index (χ0) is 15.0. The van der Waals surface area contributed by atoms with Gasteiger partial charge in [0.25, 0.3) is 0 Å². The van der Waals surface area contributed by atoms with E-state index in [0.717, 1.165) is 41.9 Å². The lowest BCUT2D eigenvalue weighted by Crippen LogP contribution is -2.30. The van der Waals surface area contributed by atoms with Crippen LogP contribution in [0.15, 0.2) is 24.7 Å². The number of hydrogen-bond acceptors (Lipinski definition) is 2. The van der Waals surface area contributed by atoms with Crippen molar-refractivity contribution in [3.8, 4) is 0 Å². The van der Waals surface area contributed by atoms with Crippen LogP contribution in [0.5, 0.6) is 0 Å². The maximum Gasteiger partial charge on any atom is 0.227 e. The van der Waals surface area contributed by atoms with Crippen molar-refractivity contribution in [3.05, 3.63) is 47.0 Å². The predicted molar refractivity (Wildman–Crippen MR) is 83.3 cm³/mol. The van der Waals surface area contributed by atoms with Crippen molar-refractivity contribution in [2.75, 3.05) is 5.32 Å². The molecular formula is C17H21N3O. The van der Waals surface area contributed by atoms with Crippen molar-refractivity contribution in [2.24, 2.45) is 5.92 Å². The third kappa shape index (κ3) is 2.71. The number of nitrogens with zero attached hydrogens (tertiary/aromatic N) is 2. The Balaban J connectivity index is 1.76. The van der Waals surface area contributed by atoms with E-state index in [1.165, 1.54) is 5.56 Å². The van der Waals surface area contributed by atoms with Crippen molar-refractivity contribution in [3.63, 3.8) is 0 Å². The topological polar surface area (TPSA) is 46.9 Å². The third-order valence-electron chi connectivity index (χ3n) is 4.27. The molecule has 1 aromatic carbocycles. The van der Waals surface area contributed by atoms with Crippen molar-refractivity contribution in [1.29, 1.82) is 0 Å². The summed E-state index contributed by atoms with van der Waals surface area (Å²) in [7, 11) is 0. The number of benzene rings is 1. The molecule has 1 amide bonds. The molecule has 1 aliphatic heterocycles. The Morgan fingerprint density at radius 1 is 1.29 bits per heavy atom. The molecule has 110 valence electrons. The van der Waals surface area contributed by atoms with E-state index in [2.05, 4.69) is 33.9 Å². The van der Waals surface area contributed by atoms with E-state index in [1.54, 1.807) is 0 Å². The van der Waals surface area contributed by atoms with E-state index in [9.17, 15) is 4.79 Å². The number of aromatic nitrogens is 2. The van der Waals surface area contributed by atoms with Gasteiger partial charge in [-0.3, -0.25) is 4.79 Å². The number of nitrogens with one attached hydrogen (secondary N) is 1. The molecule has 21 heavy (non-hydrogen) atoms. The van der Waals surface area contributed by atoms with Gasteiger partial charge in [0.05, 0.1) is 6.33 Å². The molecular weight excluding hydrogens is 262 g/mol. The Labute approximate surface area is 125 Å². The summed E-state index contributed by atoms with van der Waals surface area (Å²) in [5.74, 6) is 0.159. The number of amides is 1. The number of hydrogen-bond donors (Lipinski definition) is 1. The first-order valence-electron chi connectivity index (χ1n) is 7.42. The predicted octanol–water partition coefficient (Wildman–Crippen LogP) is 3.01. The Kier molecular flexibility index (Phi) is 3.53. The molecule has 1 aromatic heterocycles. The average Bonchev–Trinajstić information content (AvgIpc) is 2.89. The molecule has 0 saturated heterocycles. The van der Waals surface area contributed by atoms with Gasteiger partial charge in [0.2, 0.25) is 5.91 Å². The van der Waals surface area contributed by atoms with Crippen LogP contribution >= 0.6 is 0 Å². The highest BCUT2D eigenvalue weighted by Crippen LogP contribution is 2.25. The molecule has 0 aliphatic carbocycles. The second-order valence-corrected chi connectivity index (χ2v) is 6.03. The summed E-state index contributed by atoms with van der Waals surface area (Å²) in [6, 6.07) is 4.22. The minimum atomic E-state index is 0.0364. The Morgan fingerprint density at radius 3 is 2.71 bits per heavy atom. The van der Waals surface area contributed by atoms with Gasteiger partial charge >= 0.3 is 0 Å². The lowest BCUT2D eigenvalue weighted by molar-refractivity contribution is -0.120. The number of imidazole rings is 1. The van der Waals surface area contributed by atoms with Gasteiger partial charge in [-0.15, -0.1) is 0 Å². The van der Waals surface area contributed by atoms with Crippen LogP contribution in [0.25, 0.3) is 0 Å². The van der Waals surface area contributed by atoms with E-state index in [4.69, 9.17) is 0 Å². The van der Waals surface area contributed by atoms with Crippen LogP contribution in [0.1, 0.15) is 28.8 Å². The standard InChI is InChI=1S/C17H21N3O/c1-11-6-12(2)16(13(3)7-11)19-17(21)14-4-5-20-10-18-9-15(20)8-14/h6-7,9-10,14H,4-5,8H2,1-3H3,(H,19,21). The van der Waals surface area contributed by atoms with E-state index >= 15 is 0 Å². The molecule has 1 unspecified atom stereocenters. The first-order chi connectivity index (χ1) is 10.0. The molecule has 0 saturated carbocycles. The first-order valence-corrected chi connectivity index (χ1v) is 7.42. The first kappa shape index (κ1) is 13.9. The normalized spacial score (nSPS) is 17.4. The van der Waals surface area contributed by atoms with Crippen molar-refractivity contribution in [1.82, 2.24) is 9.55 Å². The fourth-order valence-electron chi connectivity index (χ4n) is 3.20. The summed E-state index contributed by atoms with van der Waals surface area (Å²) < 4.78 is 2.13. The molecule has 3 rings (SSSR count). The molecule has 4 nitrogen and oxygen atoms in total. The zero-order valence-corrected chi connectivity index (χ0v) is 12.8. The summed E-state index contributed by atoms with van der Waals surface area (Å²) in [5, 5.41) is 3.13. The number of carbonyl (C=O) groups excluding carboxylic acids is 1. The summed E-state index contributed by atoms with van der Waals surface area (Å²) in [6.07, 6.45) is 5.36. The van der Waals surface area contributed by atoms with Crippen molar-refractivity contribution >= 4 is 11.6 Å². The molecule has 0 fully saturated rings. The van der Waals surface area contributed by atoms with E-state index in [-0.39, 0.29) is 11.8 Å². The Bertz CT molecular complexity index is 664. The van der Waals surface area contributed by atoms with Gasteiger partial charge in [-0.2, -0.15) is 0 Å². The minimum Gasteiger partial charge on any atom is -0.335 e. The molecule has 0 radical (unpaired) electrons. The van der Waals surface area contributed by atoms with Crippen LogP contribution in [0, 0.1) is 26.7 Å². The number of fused-ring (bicyclic) bond motifs is 1. The highest BCUT2D eigenvalue weighted by Gasteiger charge is 2.25. The lowest BCUT2D eigenvalue weighted by atomic mass is 9.95. The summed E-state index contributed by atoms with van der Waals surface area (Å²) in [6.45, 7) is 7.05. The van der Waals surface area contributed by atoms with Gasteiger partial charge in [-0.25, -0.2) is 4.98 Å². The highest BCUT2D eigenvalue weighted by molar-refractivity contribution is 5.94. The van der Waals surface area contributed by atoms with Gasteiger partial charge in [0.15, 0.2) is 0 Å². The van der Waals surface area contributed by atoms with Gasteiger partial charge in [0, 0.05) is 36.5 Å². The number of anilines is 1. The van der Waals surface area contributed by atoms with E-state index in [1.807, 2.05) is 26.4 Å². The second-order valence-electron chi connectivity index (χ2n) is 6.03. The summed E-state index contributed by atoms with van der Waals surface area (Å²) in [5.41, 5.74) is 5.59. The molecule has 0 spiro atoms. The molecule has 2 heterocycles. The van der Waals surface area contributed by atoms with Crippen molar-refractivity contribution in [2.45, 2.75) is 40.2 Å². The maximum absolute atomic E-state index is 12.5. The van der Waals surface area contributed by atoms with Gasteiger partial charge < -0.3 is 9.88 Å². The number of rotatable bonds is 2. The monoisotopic (exact) mass is 283 g/mol. The zero-order valence-electron chi connectivity index (χ0n) is 12.8. The van der Waals surface area contributed by atoms with Crippen LogP contribution in [-0.4, -0.2) is 15.5 Å². The van der Waals surface area contributed by atoms with Gasteiger partial charge in [-0.1, -0.05) is 17.7 Å². The fourth-order valence-corrected chi connectivity index (χ4v) is 3.20. The largest absolute Gasteiger partial charge is 0.335 e. The smallest absolute Gasteiger partial charge is 0.227 e. The fraction of sp³-hybridized carbons (Fsp3) is 0.412. The SMILES string of the molecule is Cc1cc(C)c(NC(=O)C2CCn3cncc3C2)c(C)c1. The van der Waals surface area contributed by atoms with Gasteiger partial charge in [0.1, 0.15) is 0 Å². The van der Waals surface area contributed by atoms with Crippen molar-refractivity contribution < 1.29 is 4.79 Å². The third-order valence-corrected chi connectivity index (χ3v) is 4.27. The van der Waals surface area contributed by atoms with Crippen LogP contribution in [0.2, 0.25) is 0 Å². The Hall–Kier alpha value is -2.10. The molecule has 2 aromatic rings. The van der Waals surface area contributed by atoms with Gasteiger partial charge in [-0.05, 0) is 38.3 Å². The van der Waals surface area contributed by atoms with Crippen LogP contribution in [-0.2, 0) is 17.8 Å². The van der Waals surface area contributed by atoms with E-state index < -0.39 is 0 Å². The summed E-state index contributed by atoms with van der Waals surface area (Å²) >= 11 is 0. The number of carbonyl (C=O) groups is 1. The molecule has 1 N–H and O–H groups in total. The molecule has 4 heteroatoms.